The molecule has 0 aromatic heterocycles. The molecule has 0 aliphatic carbocycles. The maximum Gasteiger partial charge on any atom is 0.416 e. The molecule has 0 saturated carbocycles. The third kappa shape index (κ3) is 3.41. The summed E-state index contributed by atoms with van der Waals surface area (Å²) in [5, 5.41) is 0. The number of rotatable bonds is 2. The summed E-state index contributed by atoms with van der Waals surface area (Å²) < 4.78 is 76.3. The van der Waals surface area contributed by atoms with Crippen LogP contribution in [0.3, 0.4) is 0 Å². The van der Waals surface area contributed by atoms with Gasteiger partial charge in [0.1, 0.15) is 0 Å². The van der Waals surface area contributed by atoms with Crippen molar-refractivity contribution in [3.05, 3.63) is 59.2 Å². The second-order valence-electron chi connectivity index (χ2n) is 4.65. The Kier molecular flexibility index (Phi) is 4.19. The van der Waals surface area contributed by atoms with Gasteiger partial charge in [-0.05, 0) is 34.9 Å². The van der Waals surface area contributed by atoms with E-state index in [9.17, 15) is 26.3 Å². The molecule has 0 aliphatic rings. The summed E-state index contributed by atoms with van der Waals surface area (Å²) in [6, 6.07) is 7.47. The Balaban J connectivity index is 2.45. The van der Waals surface area contributed by atoms with Crippen LogP contribution in [0.4, 0.5) is 26.3 Å². The molecular weight excluding hydrogens is 308 g/mol. The van der Waals surface area contributed by atoms with E-state index in [2.05, 4.69) is 0 Å². The predicted octanol–water partition coefficient (Wildman–Crippen LogP) is 4.85. The van der Waals surface area contributed by atoms with E-state index < -0.39 is 23.5 Å². The second-order valence-corrected chi connectivity index (χ2v) is 4.65. The van der Waals surface area contributed by atoms with Crippen LogP contribution in [0.2, 0.25) is 0 Å². The lowest BCUT2D eigenvalue weighted by molar-refractivity contribution is -0.138. The molecule has 2 rings (SSSR count). The van der Waals surface area contributed by atoms with Crippen molar-refractivity contribution in [2.24, 2.45) is 5.73 Å². The fourth-order valence-corrected chi connectivity index (χ4v) is 2.05. The molecule has 2 aromatic carbocycles. The van der Waals surface area contributed by atoms with Gasteiger partial charge in [0.05, 0.1) is 11.1 Å². The zero-order chi connectivity index (χ0) is 16.5. The second kappa shape index (κ2) is 5.64. The highest BCUT2D eigenvalue weighted by Gasteiger charge is 2.33. The fourth-order valence-electron chi connectivity index (χ4n) is 2.05. The molecule has 0 aliphatic heterocycles. The molecule has 0 radical (unpaired) electrons. The van der Waals surface area contributed by atoms with Gasteiger partial charge in [0.15, 0.2) is 0 Å². The molecule has 22 heavy (non-hydrogen) atoms. The lowest BCUT2D eigenvalue weighted by atomic mass is 9.98. The molecule has 0 fully saturated rings. The van der Waals surface area contributed by atoms with Gasteiger partial charge in [-0.2, -0.15) is 26.3 Å². The van der Waals surface area contributed by atoms with Gasteiger partial charge in [-0.3, -0.25) is 0 Å². The van der Waals surface area contributed by atoms with E-state index in [1.165, 1.54) is 12.1 Å². The minimum absolute atomic E-state index is 0.0665. The van der Waals surface area contributed by atoms with Gasteiger partial charge in [0, 0.05) is 6.54 Å². The van der Waals surface area contributed by atoms with Gasteiger partial charge in [0.25, 0.3) is 0 Å². The van der Waals surface area contributed by atoms with Crippen molar-refractivity contribution in [3.8, 4) is 11.1 Å². The number of alkyl halides is 6. The molecule has 0 spiro atoms. The van der Waals surface area contributed by atoms with Crippen LogP contribution in [0.25, 0.3) is 11.1 Å². The topological polar surface area (TPSA) is 26.0 Å². The van der Waals surface area contributed by atoms with Crippen molar-refractivity contribution in [2.75, 3.05) is 0 Å². The lowest BCUT2D eigenvalue weighted by Crippen LogP contribution is -2.12. The predicted molar refractivity (Wildman–Crippen MR) is 69.8 cm³/mol. The molecule has 1 nitrogen and oxygen atoms in total. The fraction of sp³-hybridized carbons (Fsp3) is 0.200. The summed E-state index contributed by atoms with van der Waals surface area (Å²) in [7, 11) is 0. The van der Waals surface area contributed by atoms with Gasteiger partial charge < -0.3 is 5.73 Å². The van der Waals surface area contributed by atoms with Crippen molar-refractivity contribution in [1.82, 2.24) is 0 Å². The van der Waals surface area contributed by atoms with Crippen molar-refractivity contribution >= 4 is 0 Å². The summed E-state index contributed by atoms with van der Waals surface area (Å²) in [6.45, 7) is -0.276. The van der Waals surface area contributed by atoms with E-state index in [4.69, 9.17) is 5.73 Å². The van der Waals surface area contributed by atoms with Gasteiger partial charge in [-0.15, -0.1) is 0 Å². The van der Waals surface area contributed by atoms with Crippen LogP contribution < -0.4 is 5.73 Å². The maximum absolute atomic E-state index is 12.9. The van der Waals surface area contributed by atoms with Crippen LogP contribution in [0.1, 0.15) is 16.7 Å². The Labute approximate surface area is 122 Å². The Morgan fingerprint density at radius 3 is 1.73 bits per heavy atom. The Hall–Kier alpha value is -2.02. The lowest BCUT2D eigenvalue weighted by Gasteiger charge is -2.14. The first-order valence-electron chi connectivity index (χ1n) is 6.21. The van der Waals surface area contributed by atoms with Crippen LogP contribution in [0.5, 0.6) is 0 Å². The van der Waals surface area contributed by atoms with Gasteiger partial charge in [-0.25, -0.2) is 0 Å². The van der Waals surface area contributed by atoms with Gasteiger partial charge in [-0.1, -0.05) is 24.3 Å². The first-order valence-corrected chi connectivity index (χ1v) is 6.21. The highest BCUT2D eigenvalue weighted by atomic mass is 19.4. The molecule has 2 N–H and O–H groups in total. The average Bonchev–Trinajstić information content (AvgIpc) is 2.45. The van der Waals surface area contributed by atoms with Crippen molar-refractivity contribution < 1.29 is 26.3 Å². The first-order chi connectivity index (χ1) is 10.1. The molecule has 0 amide bonds. The Morgan fingerprint density at radius 1 is 0.727 bits per heavy atom. The normalized spacial score (nSPS) is 12.5. The third-order valence-electron chi connectivity index (χ3n) is 3.18. The van der Waals surface area contributed by atoms with Gasteiger partial charge in [0.2, 0.25) is 0 Å². The molecule has 0 heterocycles. The Morgan fingerprint density at radius 2 is 1.27 bits per heavy atom. The molecule has 0 atom stereocenters. The zero-order valence-corrected chi connectivity index (χ0v) is 11.1. The van der Waals surface area contributed by atoms with E-state index in [1.54, 1.807) is 0 Å². The quantitative estimate of drug-likeness (QED) is 0.787. The van der Waals surface area contributed by atoms with Crippen molar-refractivity contribution in [3.63, 3.8) is 0 Å². The molecule has 0 bridgehead atoms. The largest absolute Gasteiger partial charge is 0.416 e. The summed E-state index contributed by atoms with van der Waals surface area (Å²) >= 11 is 0. The number of hydrogen-bond donors (Lipinski definition) is 1. The summed E-state index contributed by atoms with van der Waals surface area (Å²) in [6.07, 6.45) is -9.06. The summed E-state index contributed by atoms with van der Waals surface area (Å²) in [4.78, 5) is 0. The minimum atomic E-state index is -4.57. The van der Waals surface area contributed by atoms with Gasteiger partial charge >= 0.3 is 12.4 Å². The molecule has 7 heteroatoms. The highest BCUT2D eigenvalue weighted by Crippen LogP contribution is 2.36. The van der Waals surface area contributed by atoms with Crippen LogP contribution in [0.15, 0.2) is 42.5 Å². The van der Waals surface area contributed by atoms with Crippen molar-refractivity contribution in [1.29, 1.82) is 0 Å². The standard InChI is InChI=1S/C15H11F6N/c16-14(17,18)12-5-3-9(4-6-12)10-1-2-11(8-22)13(7-10)15(19,20)21/h1-7H,8,22H2. The number of halogens is 6. The first kappa shape index (κ1) is 16.4. The van der Waals surface area contributed by atoms with E-state index in [0.717, 1.165) is 30.3 Å². The molecule has 0 saturated heterocycles. The van der Waals surface area contributed by atoms with E-state index in [0.29, 0.717) is 0 Å². The maximum atomic E-state index is 12.9. The summed E-state index contributed by atoms with van der Waals surface area (Å²) in [5.41, 5.74) is 3.92. The number of benzene rings is 2. The summed E-state index contributed by atoms with van der Waals surface area (Å²) in [5.74, 6) is 0. The number of hydrogen-bond acceptors (Lipinski definition) is 1. The zero-order valence-electron chi connectivity index (χ0n) is 11.1. The van der Waals surface area contributed by atoms with Crippen LogP contribution in [-0.2, 0) is 18.9 Å². The highest BCUT2D eigenvalue weighted by molar-refractivity contribution is 5.65. The van der Waals surface area contributed by atoms with E-state index in [1.807, 2.05) is 0 Å². The molecule has 118 valence electrons. The van der Waals surface area contributed by atoms with E-state index in [-0.39, 0.29) is 23.2 Å². The van der Waals surface area contributed by atoms with Crippen molar-refractivity contribution in [2.45, 2.75) is 18.9 Å². The SMILES string of the molecule is NCc1ccc(-c2ccc(C(F)(F)F)cc2)cc1C(F)(F)F. The monoisotopic (exact) mass is 319 g/mol. The Bertz CT molecular complexity index is 655. The van der Waals surface area contributed by atoms with Crippen LogP contribution in [0, 0.1) is 0 Å². The molecule has 2 aromatic rings. The van der Waals surface area contributed by atoms with Crippen LogP contribution >= 0.6 is 0 Å². The average molecular weight is 319 g/mol. The molecule has 0 unspecified atom stereocenters. The smallest absolute Gasteiger partial charge is 0.326 e. The number of nitrogens with two attached hydrogens (primary N) is 1. The van der Waals surface area contributed by atoms with E-state index >= 15 is 0 Å². The molecular formula is C15H11F6N. The third-order valence-corrected chi connectivity index (χ3v) is 3.18. The minimum Gasteiger partial charge on any atom is -0.326 e. The van der Waals surface area contributed by atoms with Crippen LogP contribution in [-0.4, -0.2) is 0 Å².